The molecule has 1 atom stereocenters. The maximum absolute atomic E-state index is 11.4. The Balaban J connectivity index is 1.92. The van der Waals surface area contributed by atoms with E-state index in [0.29, 0.717) is 18.1 Å². The van der Waals surface area contributed by atoms with Crippen molar-refractivity contribution in [3.8, 4) is 5.75 Å². The highest BCUT2D eigenvalue weighted by molar-refractivity contribution is 6.30. The fourth-order valence-electron chi connectivity index (χ4n) is 1.87. The number of alkyl halides is 1. The van der Waals surface area contributed by atoms with Crippen molar-refractivity contribution in [2.45, 2.75) is 12.5 Å². The number of halogens is 2. The lowest BCUT2D eigenvalue weighted by molar-refractivity contribution is -0.127. The van der Waals surface area contributed by atoms with Crippen LogP contribution in [0.2, 0.25) is 5.02 Å². The molecular formula is C12H13Cl2NO2. The normalized spacial score (nSPS) is 19.4. The number of hydrogen-bond acceptors (Lipinski definition) is 2. The molecule has 1 saturated heterocycles. The quantitative estimate of drug-likeness (QED) is 0.793. The van der Waals surface area contributed by atoms with Gasteiger partial charge in [0.25, 0.3) is 0 Å². The molecule has 1 aliphatic heterocycles. The first-order valence-electron chi connectivity index (χ1n) is 5.45. The Morgan fingerprint density at radius 2 is 2.35 bits per heavy atom. The first-order valence-corrected chi connectivity index (χ1v) is 6.36. The van der Waals surface area contributed by atoms with Gasteiger partial charge in [-0.3, -0.25) is 4.79 Å². The number of benzene rings is 1. The number of rotatable bonds is 3. The molecule has 0 spiro atoms. The molecule has 0 aromatic heterocycles. The van der Waals surface area contributed by atoms with Crippen LogP contribution in [0.1, 0.15) is 6.42 Å². The number of nitrogens with zero attached hydrogens (tertiary/aromatic N) is 1. The van der Waals surface area contributed by atoms with Gasteiger partial charge in [0.2, 0.25) is 5.91 Å². The van der Waals surface area contributed by atoms with E-state index in [1.807, 2.05) is 12.1 Å². The average molecular weight is 274 g/mol. The molecule has 1 fully saturated rings. The van der Waals surface area contributed by atoms with Gasteiger partial charge in [-0.2, -0.15) is 0 Å². The largest absolute Gasteiger partial charge is 0.488 e. The summed E-state index contributed by atoms with van der Waals surface area (Å²) in [5.41, 5.74) is 0. The van der Waals surface area contributed by atoms with Crippen molar-refractivity contribution in [3.63, 3.8) is 0 Å². The first kappa shape index (κ1) is 12.5. The Morgan fingerprint density at radius 1 is 1.53 bits per heavy atom. The molecular weight excluding hydrogens is 261 g/mol. The van der Waals surface area contributed by atoms with Gasteiger partial charge in [-0.1, -0.05) is 17.7 Å². The molecule has 17 heavy (non-hydrogen) atoms. The Kier molecular flexibility index (Phi) is 4.13. The number of ether oxygens (including phenoxy) is 1. The Morgan fingerprint density at radius 3 is 3.06 bits per heavy atom. The lowest BCUT2D eigenvalue weighted by Gasteiger charge is -2.16. The molecule has 1 aliphatic rings. The molecule has 0 N–H and O–H groups in total. The summed E-state index contributed by atoms with van der Waals surface area (Å²) in [6, 6.07) is 7.27. The Hall–Kier alpha value is -0.930. The summed E-state index contributed by atoms with van der Waals surface area (Å²) in [5, 5.41) is 0.647. The van der Waals surface area contributed by atoms with Gasteiger partial charge in [0.1, 0.15) is 17.7 Å². The van der Waals surface area contributed by atoms with Crippen molar-refractivity contribution < 1.29 is 9.53 Å². The molecule has 5 heteroatoms. The molecule has 1 heterocycles. The van der Waals surface area contributed by atoms with Crippen LogP contribution in [0.4, 0.5) is 0 Å². The van der Waals surface area contributed by atoms with Crippen LogP contribution < -0.4 is 4.74 Å². The van der Waals surface area contributed by atoms with Crippen LogP contribution in [0.5, 0.6) is 5.75 Å². The van der Waals surface area contributed by atoms with Crippen LogP contribution in [0.25, 0.3) is 0 Å². The second-order valence-electron chi connectivity index (χ2n) is 3.96. The van der Waals surface area contributed by atoms with Crippen LogP contribution in [0, 0.1) is 0 Å². The van der Waals surface area contributed by atoms with E-state index < -0.39 is 0 Å². The van der Waals surface area contributed by atoms with Gasteiger partial charge >= 0.3 is 0 Å². The molecule has 1 aromatic carbocycles. The van der Waals surface area contributed by atoms with Gasteiger partial charge in [-0.25, -0.2) is 0 Å². The minimum atomic E-state index is -0.0381. The second-order valence-corrected chi connectivity index (χ2v) is 4.66. The third-order valence-corrected chi connectivity index (χ3v) is 3.17. The van der Waals surface area contributed by atoms with Crippen molar-refractivity contribution in [2.24, 2.45) is 0 Å². The smallest absolute Gasteiger partial charge is 0.237 e. The van der Waals surface area contributed by atoms with Crippen molar-refractivity contribution in [1.29, 1.82) is 0 Å². The van der Waals surface area contributed by atoms with Crippen molar-refractivity contribution in [1.82, 2.24) is 4.90 Å². The fourth-order valence-corrected chi connectivity index (χ4v) is 2.22. The van der Waals surface area contributed by atoms with Crippen LogP contribution in [0.15, 0.2) is 24.3 Å². The highest BCUT2D eigenvalue weighted by Crippen LogP contribution is 2.21. The van der Waals surface area contributed by atoms with Gasteiger partial charge in [0.05, 0.1) is 6.54 Å². The van der Waals surface area contributed by atoms with E-state index in [2.05, 4.69) is 0 Å². The Bertz CT molecular complexity index is 411. The minimum Gasteiger partial charge on any atom is -0.488 e. The molecule has 1 amide bonds. The average Bonchev–Trinajstić information content (AvgIpc) is 2.76. The van der Waals surface area contributed by atoms with Crippen molar-refractivity contribution in [3.05, 3.63) is 29.3 Å². The summed E-state index contributed by atoms with van der Waals surface area (Å²) >= 11 is 11.4. The predicted molar refractivity (Wildman–Crippen MR) is 67.8 cm³/mol. The number of carbonyl (C=O) groups is 1. The van der Waals surface area contributed by atoms with Gasteiger partial charge in [0.15, 0.2) is 0 Å². The van der Waals surface area contributed by atoms with Crippen LogP contribution >= 0.6 is 23.2 Å². The van der Waals surface area contributed by atoms with Crippen molar-refractivity contribution >= 4 is 29.1 Å². The first-order chi connectivity index (χ1) is 8.19. The highest BCUT2D eigenvalue weighted by atomic mass is 35.5. The van der Waals surface area contributed by atoms with Crippen LogP contribution in [-0.2, 0) is 4.79 Å². The van der Waals surface area contributed by atoms with E-state index in [4.69, 9.17) is 27.9 Å². The molecule has 3 nitrogen and oxygen atoms in total. The Labute approximate surface area is 110 Å². The zero-order valence-corrected chi connectivity index (χ0v) is 10.7. The van der Waals surface area contributed by atoms with Crippen LogP contribution in [-0.4, -0.2) is 35.9 Å². The van der Waals surface area contributed by atoms with E-state index in [0.717, 1.165) is 12.2 Å². The summed E-state index contributed by atoms with van der Waals surface area (Å²) in [6.07, 6.45) is 0.857. The monoisotopic (exact) mass is 273 g/mol. The zero-order chi connectivity index (χ0) is 12.3. The van der Waals surface area contributed by atoms with E-state index in [1.54, 1.807) is 17.0 Å². The molecule has 0 bridgehead atoms. The van der Waals surface area contributed by atoms with Crippen molar-refractivity contribution in [2.75, 3.05) is 19.0 Å². The second kappa shape index (κ2) is 5.61. The summed E-state index contributed by atoms with van der Waals surface area (Å²) in [7, 11) is 0. The van der Waals surface area contributed by atoms with Gasteiger partial charge in [0, 0.05) is 18.0 Å². The summed E-state index contributed by atoms with van der Waals surface area (Å²) in [4.78, 5) is 13.1. The summed E-state index contributed by atoms with van der Waals surface area (Å²) in [5.74, 6) is 0.732. The maximum atomic E-state index is 11.4. The lowest BCUT2D eigenvalue weighted by Crippen LogP contribution is -2.31. The topological polar surface area (TPSA) is 29.5 Å². The zero-order valence-electron chi connectivity index (χ0n) is 9.23. The van der Waals surface area contributed by atoms with Crippen LogP contribution in [0.3, 0.4) is 0 Å². The van der Waals surface area contributed by atoms with Gasteiger partial charge in [-0.15, -0.1) is 11.6 Å². The molecule has 0 saturated carbocycles. The third kappa shape index (κ3) is 3.27. The van der Waals surface area contributed by atoms with E-state index in [-0.39, 0.29) is 17.9 Å². The molecule has 0 radical (unpaired) electrons. The highest BCUT2D eigenvalue weighted by Gasteiger charge is 2.26. The van der Waals surface area contributed by atoms with E-state index in [9.17, 15) is 4.79 Å². The predicted octanol–water partition coefficient (Wildman–Crippen LogP) is 2.56. The van der Waals surface area contributed by atoms with E-state index >= 15 is 0 Å². The molecule has 92 valence electrons. The van der Waals surface area contributed by atoms with Gasteiger partial charge in [-0.05, 0) is 18.2 Å². The number of hydrogen-bond donors (Lipinski definition) is 0. The third-order valence-electron chi connectivity index (χ3n) is 2.71. The number of amides is 1. The summed E-state index contributed by atoms with van der Waals surface area (Å²) < 4.78 is 5.76. The minimum absolute atomic E-state index is 0.0284. The molecule has 1 aromatic rings. The summed E-state index contributed by atoms with van der Waals surface area (Å²) in [6.45, 7) is 1.30. The SMILES string of the molecule is O=C(CCl)N1CC[C@@H](Oc2cccc(Cl)c2)C1. The molecule has 0 unspecified atom stereocenters. The van der Waals surface area contributed by atoms with Gasteiger partial charge < -0.3 is 9.64 Å². The lowest BCUT2D eigenvalue weighted by atomic mass is 10.3. The standard InChI is InChI=1S/C12H13Cl2NO2/c13-7-12(16)15-5-4-11(8-15)17-10-3-1-2-9(14)6-10/h1-3,6,11H,4-5,7-8H2/t11-/m1/s1. The maximum Gasteiger partial charge on any atom is 0.237 e. The number of likely N-dealkylation sites (tertiary alicyclic amines) is 1. The fraction of sp³-hybridized carbons (Fsp3) is 0.417. The molecule has 2 rings (SSSR count). The number of carbonyl (C=O) groups excluding carboxylic acids is 1. The van der Waals surface area contributed by atoms with E-state index in [1.165, 1.54) is 0 Å². The molecule has 0 aliphatic carbocycles.